The van der Waals surface area contributed by atoms with E-state index in [0.29, 0.717) is 0 Å². The van der Waals surface area contributed by atoms with Gasteiger partial charge in [0.15, 0.2) is 5.58 Å². The van der Waals surface area contributed by atoms with Gasteiger partial charge in [-0.2, -0.15) is 0 Å². The maximum absolute atomic E-state index is 6.65. The van der Waals surface area contributed by atoms with Crippen molar-refractivity contribution in [3.05, 3.63) is 115 Å². The number of nitrogens with one attached hydrogen (secondary N) is 1. The van der Waals surface area contributed by atoms with Crippen LogP contribution in [0.1, 0.15) is 33.3 Å². The third-order valence-corrected chi connectivity index (χ3v) is 8.28. The molecule has 0 fully saturated rings. The molecule has 0 radical (unpaired) electrons. The van der Waals surface area contributed by atoms with Gasteiger partial charge in [0.05, 0.1) is 11.0 Å². The summed E-state index contributed by atoms with van der Waals surface area (Å²) in [6.45, 7) is 8.80. The molecule has 3 aromatic heterocycles. The molecule has 1 aliphatic heterocycles. The monoisotopic (exact) mass is 564 g/mol. The van der Waals surface area contributed by atoms with Crippen molar-refractivity contribution in [1.82, 2.24) is 15.0 Å². The number of ether oxygens (including phenoxy) is 1. The number of fused-ring (bicyclic) bond motifs is 6. The number of nitrogens with zero attached hydrogens (tertiary/aromatic N) is 3. The van der Waals surface area contributed by atoms with Crippen molar-refractivity contribution in [2.24, 2.45) is 0 Å². The van der Waals surface area contributed by atoms with Crippen LogP contribution in [0.4, 0.5) is 5.69 Å². The van der Waals surface area contributed by atoms with Crippen LogP contribution in [0.25, 0.3) is 49.6 Å². The van der Waals surface area contributed by atoms with E-state index in [1.165, 1.54) is 10.9 Å². The van der Waals surface area contributed by atoms with Crippen LogP contribution in [0.2, 0.25) is 0 Å². The minimum absolute atomic E-state index is 0.00943. The molecule has 0 spiro atoms. The highest BCUT2D eigenvalue weighted by molar-refractivity contribution is 6.10. The van der Waals surface area contributed by atoms with Crippen LogP contribution in [0.5, 0.6) is 11.5 Å². The van der Waals surface area contributed by atoms with E-state index in [1.807, 2.05) is 47.7 Å². The molecule has 1 unspecified atom stereocenters. The van der Waals surface area contributed by atoms with Crippen LogP contribution < -0.4 is 15.2 Å². The van der Waals surface area contributed by atoms with Gasteiger partial charge < -0.3 is 9.15 Å². The Morgan fingerprint density at radius 2 is 1.58 bits per heavy atom. The van der Waals surface area contributed by atoms with Gasteiger partial charge in [0.25, 0.3) is 0 Å². The summed E-state index contributed by atoms with van der Waals surface area (Å²) in [6, 6.07) is 31.6. The fourth-order valence-corrected chi connectivity index (χ4v) is 6.10. The number of furan rings is 1. The van der Waals surface area contributed by atoms with Crippen molar-refractivity contribution in [3.8, 4) is 17.3 Å². The number of benzene rings is 4. The molecule has 43 heavy (non-hydrogen) atoms. The molecule has 212 valence electrons. The van der Waals surface area contributed by atoms with Crippen LogP contribution in [-0.4, -0.2) is 15.6 Å². The van der Waals surface area contributed by atoms with E-state index in [9.17, 15) is 0 Å². The summed E-state index contributed by atoms with van der Waals surface area (Å²) < 4.78 is 15.2. The van der Waals surface area contributed by atoms with Gasteiger partial charge in [-0.25, -0.2) is 10.4 Å². The van der Waals surface area contributed by atoms with Crippen LogP contribution in [0.3, 0.4) is 0 Å². The minimum Gasteiger partial charge on any atom is -0.457 e. The molecule has 6 heteroatoms. The average Bonchev–Trinajstić information content (AvgIpc) is 3.70. The highest BCUT2D eigenvalue weighted by Gasteiger charge is 2.22. The molecule has 0 aliphatic carbocycles. The quantitative estimate of drug-likeness (QED) is 0.231. The normalized spacial score (nSPS) is 15.4. The largest absolute Gasteiger partial charge is 0.457 e. The molecule has 7 aromatic rings. The number of pyridine rings is 1. The first-order valence-corrected chi connectivity index (χ1v) is 14.7. The predicted molar refractivity (Wildman–Crippen MR) is 175 cm³/mol. The van der Waals surface area contributed by atoms with Crippen LogP contribution in [0.15, 0.2) is 114 Å². The van der Waals surface area contributed by atoms with Crippen molar-refractivity contribution in [1.29, 1.82) is 0 Å². The Bertz CT molecular complexity index is 2220. The van der Waals surface area contributed by atoms with Gasteiger partial charge in [0.2, 0.25) is 0 Å². The first kappa shape index (κ1) is 25.6. The highest BCUT2D eigenvalue weighted by atomic mass is 16.5. The summed E-state index contributed by atoms with van der Waals surface area (Å²) in [5.74, 6) is 2.38. The smallest absolute Gasteiger partial charge is 0.160 e. The second-order valence-electron chi connectivity index (χ2n) is 12.3. The molecule has 8 rings (SSSR count). The van der Waals surface area contributed by atoms with Crippen molar-refractivity contribution >= 4 is 49.4 Å². The van der Waals surface area contributed by atoms with Gasteiger partial charge in [0.1, 0.15) is 28.6 Å². The van der Waals surface area contributed by atoms with Crippen molar-refractivity contribution in [3.63, 3.8) is 0 Å². The van der Waals surface area contributed by atoms with Gasteiger partial charge in [-0.3, -0.25) is 9.58 Å². The zero-order valence-corrected chi connectivity index (χ0v) is 24.6. The van der Waals surface area contributed by atoms with E-state index in [4.69, 9.17) is 14.1 Å². The Hall–Kier alpha value is -5.07. The fourth-order valence-electron chi connectivity index (χ4n) is 6.10. The maximum Gasteiger partial charge on any atom is 0.160 e. The minimum atomic E-state index is 0.00943. The average molecular weight is 565 g/mol. The molecule has 0 amide bonds. The first-order chi connectivity index (χ1) is 20.8. The van der Waals surface area contributed by atoms with E-state index in [-0.39, 0.29) is 11.5 Å². The van der Waals surface area contributed by atoms with Gasteiger partial charge in [0, 0.05) is 52.1 Å². The lowest BCUT2D eigenvalue weighted by molar-refractivity contribution is 0.483. The van der Waals surface area contributed by atoms with Crippen LogP contribution in [-0.2, 0) is 5.41 Å². The third kappa shape index (κ3) is 4.25. The summed E-state index contributed by atoms with van der Waals surface area (Å²) in [5, 5.41) is 6.42. The second-order valence-corrected chi connectivity index (χ2v) is 12.3. The lowest BCUT2D eigenvalue weighted by Gasteiger charge is -2.20. The number of anilines is 1. The fraction of sp³-hybridized carbons (Fsp3) is 0.162. The zero-order valence-electron chi connectivity index (χ0n) is 24.6. The Morgan fingerprint density at radius 1 is 0.791 bits per heavy atom. The Balaban J connectivity index is 1.29. The molecule has 4 aromatic carbocycles. The molecule has 0 saturated carbocycles. The lowest BCUT2D eigenvalue weighted by atomic mass is 9.88. The molecule has 0 saturated heterocycles. The molecule has 0 bridgehead atoms. The van der Waals surface area contributed by atoms with Gasteiger partial charge in [-0.15, -0.1) is 0 Å². The SMILES string of the molecule is CC1C=CN(c2cc(Oc3ccc4c5ccccc5n(-c5cc(C(C)(C)C)ccn5)c4c3)cc3c2oc2ccccc23)N1. The zero-order chi connectivity index (χ0) is 29.3. The van der Waals surface area contributed by atoms with Gasteiger partial charge >= 0.3 is 0 Å². The van der Waals surface area contributed by atoms with E-state index in [2.05, 4.69) is 104 Å². The Kier molecular flexibility index (Phi) is 5.65. The summed E-state index contributed by atoms with van der Waals surface area (Å²) in [5.41, 5.74) is 9.46. The molecule has 1 aliphatic rings. The number of rotatable bonds is 4. The lowest BCUT2D eigenvalue weighted by Crippen LogP contribution is -2.33. The summed E-state index contributed by atoms with van der Waals surface area (Å²) in [7, 11) is 0. The molecule has 4 heterocycles. The molecular weight excluding hydrogens is 532 g/mol. The number of para-hydroxylation sites is 2. The van der Waals surface area contributed by atoms with Crippen LogP contribution in [0, 0.1) is 0 Å². The molecule has 1 atom stereocenters. The van der Waals surface area contributed by atoms with E-state index in [0.717, 1.165) is 61.4 Å². The molecular formula is C37H32N4O2. The maximum atomic E-state index is 6.65. The number of hydrazine groups is 1. The van der Waals surface area contributed by atoms with Gasteiger partial charge in [-0.1, -0.05) is 57.2 Å². The van der Waals surface area contributed by atoms with Crippen LogP contribution >= 0.6 is 0 Å². The van der Waals surface area contributed by atoms with E-state index < -0.39 is 0 Å². The standard InChI is InChI=1S/C37H32N4O2/c1-23-16-18-40(39-23)33-22-26(20-30-29-10-6-8-12-34(29)43-36(30)33)42-25-13-14-28-27-9-5-7-11-31(27)41(32(28)21-25)35-19-24(15-17-38-35)37(2,3)4/h5-23,39H,1-4H3. The number of hydrogen-bond donors (Lipinski definition) is 1. The predicted octanol–water partition coefficient (Wildman–Crippen LogP) is 9.39. The Morgan fingerprint density at radius 3 is 2.40 bits per heavy atom. The summed E-state index contributed by atoms with van der Waals surface area (Å²) >= 11 is 0. The Labute approximate surface area is 249 Å². The van der Waals surface area contributed by atoms with E-state index in [1.54, 1.807) is 0 Å². The van der Waals surface area contributed by atoms with Crippen molar-refractivity contribution in [2.45, 2.75) is 39.2 Å². The topological polar surface area (TPSA) is 55.5 Å². The van der Waals surface area contributed by atoms with E-state index >= 15 is 0 Å². The third-order valence-electron chi connectivity index (χ3n) is 8.28. The number of hydrogen-bond acceptors (Lipinski definition) is 5. The van der Waals surface area contributed by atoms with Crippen molar-refractivity contribution in [2.75, 3.05) is 5.01 Å². The van der Waals surface area contributed by atoms with Crippen molar-refractivity contribution < 1.29 is 9.15 Å². The first-order valence-electron chi connectivity index (χ1n) is 14.7. The highest BCUT2D eigenvalue weighted by Crippen LogP contribution is 2.41. The molecule has 1 N–H and O–H groups in total. The second kappa shape index (κ2) is 9.48. The summed E-state index contributed by atoms with van der Waals surface area (Å²) in [6.07, 6.45) is 6.07. The molecule has 6 nitrogen and oxygen atoms in total. The number of aromatic nitrogens is 2. The van der Waals surface area contributed by atoms with Gasteiger partial charge in [-0.05, 0) is 66.4 Å². The summed E-state index contributed by atoms with van der Waals surface area (Å²) in [4.78, 5) is 4.82.